The van der Waals surface area contributed by atoms with Gasteiger partial charge in [0.05, 0.1) is 15.2 Å². The van der Waals surface area contributed by atoms with E-state index in [9.17, 15) is 14.4 Å². The SMILES string of the molecule is O=C(CN1C(=O)N[C@@H](Cc2c[nH]c3ccccc23)C1=O)N1CCC[C@@H](c2nc3ccccc3s2)C1. The molecule has 0 saturated carbocycles. The first-order valence-electron chi connectivity index (χ1n) is 11.9. The molecule has 2 N–H and O–H groups in total. The second-order valence-electron chi connectivity index (χ2n) is 9.19. The number of fused-ring (bicyclic) bond motifs is 2. The second kappa shape index (κ2) is 8.81. The normalized spacial score (nSPS) is 20.7. The lowest BCUT2D eigenvalue weighted by Crippen LogP contribution is -2.46. The van der Waals surface area contributed by atoms with Crippen LogP contribution in [0.25, 0.3) is 21.1 Å². The van der Waals surface area contributed by atoms with Gasteiger partial charge in [0.15, 0.2) is 0 Å². The van der Waals surface area contributed by atoms with Crippen molar-refractivity contribution < 1.29 is 14.4 Å². The van der Waals surface area contributed by atoms with Gasteiger partial charge in [-0.25, -0.2) is 9.78 Å². The van der Waals surface area contributed by atoms with Crippen LogP contribution in [0, 0.1) is 0 Å². The van der Waals surface area contributed by atoms with Crippen LogP contribution >= 0.6 is 11.3 Å². The molecule has 2 fully saturated rings. The highest BCUT2D eigenvalue weighted by Crippen LogP contribution is 2.33. The van der Waals surface area contributed by atoms with Crippen molar-refractivity contribution in [3.05, 3.63) is 65.3 Å². The summed E-state index contributed by atoms with van der Waals surface area (Å²) in [7, 11) is 0. The number of piperidine rings is 1. The lowest BCUT2D eigenvalue weighted by molar-refractivity contribution is -0.138. The van der Waals surface area contributed by atoms with E-state index < -0.39 is 12.1 Å². The number of amides is 4. The molecule has 4 aromatic rings. The number of carbonyl (C=O) groups excluding carboxylic acids is 3. The number of carbonyl (C=O) groups is 3. The Bertz CT molecular complexity index is 1410. The van der Waals surface area contributed by atoms with Crippen molar-refractivity contribution in [2.24, 2.45) is 0 Å². The first-order valence-corrected chi connectivity index (χ1v) is 12.7. The van der Waals surface area contributed by atoms with Gasteiger partial charge >= 0.3 is 6.03 Å². The molecule has 2 atom stereocenters. The zero-order chi connectivity index (χ0) is 23.9. The molecule has 9 heteroatoms. The van der Waals surface area contributed by atoms with Gasteiger partial charge in [0.2, 0.25) is 5.91 Å². The maximum absolute atomic E-state index is 13.1. The highest BCUT2D eigenvalue weighted by atomic mass is 32.1. The molecule has 2 aliphatic rings. The van der Waals surface area contributed by atoms with Crippen LogP contribution in [0.5, 0.6) is 0 Å². The number of imide groups is 1. The predicted molar refractivity (Wildman–Crippen MR) is 134 cm³/mol. The maximum Gasteiger partial charge on any atom is 0.325 e. The van der Waals surface area contributed by atoms with Crippen LogP contribution in [-0.2, 0) is 16.0 Å². The molecule has 0 bridgehead atoms. The molecule has 4 amide bonds. The zero-order valence-electron chi connectivity index (χ0n) is 19.1. The Morgan fingerprint density at radius 2 is 1.94 bits per heavy atom. The van der Waals surface area contributed by atoms with Gasteiger partial charge in [-0.05, 0) is 36.6 Å². The number of aromatic nitrogens is 2. The molecule has 2 aromatic heterocycles. The number of hydrogen-bond donors (Lipinski definition) is 2. The van der Waals surface area contributed by atoms with Crippen LogP contribution in [0.15, 0.2) is 54.7 Å². The van der Waals surface area contributed by atoms with E-state index in [0.717, 1.165) is 49.4 Å². The molecule has 8 nitrogen and oxygen atoms in total. The van der Waals surface area contributed by atoms with Crippen molar-refractivity contribution in [3.8, 4) is 0 Å². The van der Waals surface area contributed by atoms with Crippen molar-refractivity contribution in [2.75, 3.05) is 19.6 Å². The molecule has 2 aromatic carbocycles. The number of nitrogens with one attached hydrogen (secondary N) is 2. The molecular formula is C26H25N5O3S. The number of H-pyrrole nitrogens is 1. The predicted octanol–water partition coefficient (Wildman–Crippen LogP) is 3.65. The molecule has 4 heterocycles. The molecule has 2 saturated heterocycles. The number of rotatable bonds is 5. The second-order valence-corrected chi connectivity index (χ2v) is 10.3. The minimum absolute atomic E-state index is 0.169. The van der Waals surface area contributed by atoms with Crippen LogP contribution in [0.3, 0.4) is 0 Å². The summed E-state index contributed by atoms with van der Waals surface area (Å²) < 4.78 is 1.14. The number of thiazole rings is 1. The number of benzene rings is 2. The van der Waals surface area contributed by atoms with Crippen molar-refractivity contribution in [2.45, 2.75) is 31.2 Å². The standard InChI is InChI=1S/C26H25N5O3S/c32-23(30-11-5-6-16(14-30)24-28-20-9-3-4-10-22(20)35-24)15-31-25(33)21(29-26(31)34)12-17-13-27-19-8-2-1-7-18(17)19/h1-4,7-10,13,16,21,27H,5-6,11-12,14-15H2,(H,29,34)/t16-,21+/m1/s1. The maximum atomic E-state index is 13.1. The van der Waals surface area contributed by atoms with E-state index >= 15 is 0 Å². The van der Waals surface area contributed by atoms with Crippen LogP contribution in [0.2, 0.25) is 0 Å². The average Bonchev–Trinajstić information content (AvgIpc) is 3.57. The summed E-state index contributed by atoms with van der Waals surface area (Å²) in [6.45, 7) is 0.950. The van der Waals surface area contributed by atoms with Crippen LogP contribution in [0.4, 0.5) is 4.79 Å². The van der Waals surface area contributed by atoms with Crippen molar-refractivity contribution in [3.63, 3.8) is 0 Å². The molecular weight excluding hydrogens is 462 g/mol. The molecule has 0 spiro atoms. The molecule has 0 aliphatic carbocycles. The minimum Gasteiger partial charge on any atom is -0.361 e. The smallest absolute Gasteiger partial charge is 0.325 e. The van der Waals surface area contributed by atoms with E-state index in [1.165, 1.54) is 0 Å². The summed E-state index contributed by atoms with van der Waals surface area (Å²) in [6.07, 6.45) is 4.09. The van der Waals surface area contributed by atoms with Gasteiger partial charge in [0.1, 0.15) is 12.6 Å². The van der Waals surface area contributed by atoms with Gasteiger partial charge in [0, 0.05) is 42.5 Å². The number of urea groups is 1. The van der Waals surface area contributed by atoms with Crippen LogP contribution < -0.4 is 5.32 Å². The molecule has 178 valence electrons. The fourth-order valence-electron chi connectivity index (χ4n) is 5.09. The molecule has 35 heavy (non-hydrogen) atoms. The fraction of sp³-hybridized carbons (Fsp3) is 0.308. The van der Waals surface area contributed by atoms with Crippen molar-refractivity contribution in [1.29, 1.82) is 0 Å². The van der Waals surface area contributed by atoms with E-state index in [4.69, 9.17) is 4.98 Å². The van der Waals surface area contributed by atoms with E-state index in [1.54, 1.807) is 16.2 Å². The quantitative estimate of drug-likeness (QED) is 0.420. The van der Waals surface area contributed by atoms with Crippen molar-refractivity contribution in [1.82, 2.24) is 25.1 Å². The van der Waals surface area contributed by atoms with Gasteiger partial charge < -0.3 is 15.2 Å². The number of nitrogens with zero attached hydrogens (tertiary/aromatic N) is 3. The van der Waals surface area contributed by atoms with E-state index in [0.29, 0.717) is 19.5 Å². The molecule has 0 unspecified atom stereocenters. The fourth-order valence-corrected chi connectivity index (χ4v) is 6.18. The third-order valence-electron chi connectivity index (χ3n) is 6.93. The molecule has 0 radical (unpaired) electrons. The number of para-hydroxylation sites is 2. The first-order chi connectivity index (χ1) is 17.1. The summed E-state index contributed by atoms with van der Waals surface area (Å²) in [5, 5.41) is 4.82. The Hall–Kier alpha value is -3.72. The lowest BCUT2D eigenvalue weighted by atomic mass is 9.98. The van der Waals surface area contributed by atoms with Crippen molar-refractivity contribution >= 4 is 50.3 Å². The monoisotopic (exact) mass is 487 g/mol. The highest BCUT2D eigenvalue weighted by Gasteiger charge is 2.40. The van der Waals surface area contributed by atoms with Crippen LogP contribution in [0.1, 0.15) is 29.3 Å². The van der Waals surface area contributed by atoms with Gasteiger partial charge in [-0.15, -0.1) is 11.3 Å². The number of aromatic amines is 1. The van der Waals surface area contributed by atoms with E-state index in [1.807, 2.05) is 48.7 Å². The molecule has 2 aliphatic heterocycles. The van der Waals surface area contributed by atoms with Gasteiger partial charge in [-0.3, -0.25) is 14.5 Å². The summed E-state index contributed by atoms with van der Waals surface area (Å²) in [4.78, 5) is 49.6. The Morgan fingerprint density at radius 3 is 2.83 bits per heavy atom. The third-order valence-corrected chi connectivity index (χ3v) is 8.13. The minimum atomic E-state index is -0.675. The Labute approximate surface area is 205 Å². The molecule has 6 rings (SSSR count). The van der Waals surface area contributed by atoms with Gasteiger partial charge in [0.25, 0.3) is 5.91 Å². The Balaban J connectivity index is 1.12. The summed E-state index contributed by atoms with van der Waals surface area (Å²) in [6, 6.07) is 14.7. The van der Waals surface area contributed by atoms with E-state index in [-0.39, 0.29) is 24.3 Å². The highest BCUT2D eigenvalue weighted by molar-refractivity contribution is 7.18. The van der Waals surface area contributed by atoms with E-state index in [2.05, 4.69) is 16.4 Å². The van der Waals surface area contributed by atoms with Crippen LogP contribution in [-0.4, -0.2) is 63.3 Å². The number of likely N-dealkylation sites (tertiary alicyclic amines) is 1. The van der Waals surface area contributed by atoms with Gasteiger partial charge in [-0.2, -0.15) is 0 Å². The third kappa shape index (κ3) is 4.05. The lowest BCUT2D eigenvalue weighted by Gasteiger charge is -2.32. The summed E-state index contributed by atoms with van der Waals surface area (Å²) in [5.74, 6) is -0.386. The largest absolute Gasteiger partial charge is 0.361 e. The first kappa shape index (κ1) is 21.8. The van der Waals surface area contributed by atoms with Gasteiger partial charge in [-0.1, -0.05) is 30.3 Å². The zero-order valence-corrected chi connectivity index (χ0v) is 19.9. The summed E-state index contributed by atoms with van der Waals surface area (Å²) >= 11 is 1.67. The number of hydrogen-bond acceptors (Lipinski definition) is 5. The Kier molecular flexibility index (Phi) is 5.49. The topological polar surface area (TPSA) is 98.4 Å². The average molecular weight is 488 g/mol. The Morgan fingerprint density at radius 1 is 1.11 bits per heavy atom. The summed E-state index contributed by atoms with van der Waals surface area (Å²) in [5.41, 5.74) is 2.93.